The van der Waals surface area contributed by atoms with Crippen molar-refractivity contribution in [2.75, 3.05) is 30.8 Å². The number of nitrogens with one attached hydrogen (secondary N) is 2. The number of hydrogen-bond acceptors (Lipinski definition) is 5. The molecule has 2 N–H and O–H groups in total. The summed E-state index contributed by atoms with van der Waals surface area (Å²) in [7, 11) is 2.14. The molecule has 4 rings (SSSR count). The summed E-state index contributed by atoms with van der Waals surface area (Å²) in [5, 5.41) is 11.2. The summed E-state index contributed by atoms with van der Waals surface area (Å²) < 4.78 is 2.01. The number of aromatic nitrogens is 3. The molecule has 0 radical (unpaired) electrons. The summed E-state index contributed by atoms with van der Waals surface area (Å²) in [6.07, 6.45) is 7.57. The summed E-state index contributed by atoms with van der Waals surface area (Å²) in [6, 6.07) is 8.82. The Morgan fingerprint density at radius 2 is 1.87 bits per heavy atom. The minimum atomic E-state index is -0.377. The number of piperidine rings is 1. The van der Waals surface area contributed by atoms with Crippen LogP contribution in [0.25, 0.3) is 0 Å². The van der Waals surface area contributed by atoms with E-state index < -0.39 is 0 Å². The normalized spacial score (nSPS) is 15.2. The molecule has 1 aromatic carbocycles. The van der Waals surface area contributed by atoms with Gasteiger partial charge in [0.25, 0.3) is 5.91 Å². The van der Waals surface area contributed by atoms with Gasteiger partial charge in [-0.25, -0.2) is 4.98 Å². The van der Waals surface area contributed by atoms with Crippen molar-refractivity contribution in [3.8, 4) is 0 Å². The number of likely N-dealkylation sites (tertiary alicyclic amines) is 1. The van der Waals surface area contributed by atoms with E-state index in [9.17, 15) is 4.79 Å². The molecule has 0 bridgehead atoms. The first-order valence-electron chi connectivity index (χ1n) is 9.71. The van der Waals surface area contributed by atoms with Crippen molar-refractivity contribution < 1.29 is 4.79 Å². The molecule has 1 aliphatic heterocycles. The van der Waals surface area contributed by atoms with Gasteiger partial charge in [0, 0.05) is 24.1 Å². The van der Waals surface area contributed by atoms with Gasteiger partial charge in [-0.2, -0.15) is 5.10 Å². The molecule has 1 aliphatic rings. The summed E-state index contributed by atoms with van der Waals surface area (Å²) in [6.45, 7) is 2.15. The van der Waals surface area contributed by atoms with Gasteiger partial charge >= 0.3 is 0 Å². The fourth-order valence-corrected chi connectivity index (χ4v) is 4.06. The Hall–Kier alpha value is -2.61. The Bertz CT molecular complexity index is 1030. The molecule has 0 unspecified atom stereocenters. The zero-order valence-electron chi connectivity index (χ0n) is 16.5. The summed E-state index contributed by atoms with van der Waals surface area (Å²) >= 11 is 12.2. The third-order valence-electron chi connectivity index (χ3n) is 5.14. The Morgan fingerprint density at radius 1 is 1.13 bits per heavy atom. The number of anilines is 3. The van der Waals surface area contributed by atoms with Crippen molar-refractivity contribution in [3.05, 3.63) is 64.5 Å². The van der Waals surface area contributed by atoms with Crippen molar-refractivity contribution in [1.82, 2.24) is 19.7 Å². The predicted molar refractivity (Wildman–Crippen MR) is 120 cm³/mol. The molecule has 7 nitrogen and oxygen atoms in total. The highest BCUT2D eigenvalue weighted by atomic mass is 35.5. The van der Waals surface area contributed by atoms with Crippen LogP contribution < -0.4 is 10.6 Å². The van der Waals surface area contributed by atoms with Gasteiger partial charge in [-0.1, -0.05) is 29.3 Å². The molecule has 3 aromatic rings. The second-order valence-corrected chi connectivity index (χ2v) is 8.16. The third kappa shape index (κ3) is 4.75. The van der Waals surface area contributed by atoms with E-state index in [-0.39, 0.29) is 11.5 Å². The van der Waals surface area contributed by atoms with Gasteiger partial charge in [0.05, 0.1) is 33.5 Å². The van der Waals surface area contributed by atoms with Gasteiger partial charge in [0.15, 0.2) is 0 Å². The number of carbonyl (C=O) groups excluding carboxylic acids is 1. The maximum Gasteiger partial charge on any atom is 0.258 e. The molecular weight excluding hydrogens is 423 g/mol. The molecular formula is C21H22Cl2N6O. The Balaban J connectivity index is 1.43. The Kier molecular flexibility index (Phi) is 6.22. The quantitative estimate of drug-likeness (QED) is 0.588. The zero-order valence-corrected chi connectivity index (χ0v) is 18.0. The van der Waals surface area contributed by atoms with E-state index in [1.807, 2.05) is 10.9 Å². The van der Waals surface area contributed by atoms with Gasteiger partial charge in [-0.3, -0.25) is 9.48 Å². The SMILES string of the molecule is CN1CCC(n2cc(Nc3cc(NC(=O)c4c(Cl)cccc4Cl)ccn3)cn2)CC1. The molecule has 0 aliphatic carbocycles. The first-order chi connectivity index (χ1) is 14.5. The van der Waals surface area contributed by atoms with Crippen LogP contribution in [-0.2, 0) is 0 Å². The first-order valence-corrected chi connectivity index (χ1v) is 10.5. The van der Waals surface area contributed by atoms with Crippen LogP contribution >= 0.6 is 23.2 Å². The average molecular weight is 445 g/mol. The summed E-state index contributed by atoms with van der Waals surface area (Å²) in [4.78, 5) is 19.2. The van der Waals surface area contributed by atoms with Crippen LogP contribution in [0.15, 0.2) is 48.9 Å². The largest absolute Gasteiger partial charge is 0.338 e. The number of carbonyl (C=O) groups is 1. The van der Waals surface area contributed by atoms with E-state index in [0.29, 0.717) is 27.6 Å². The van der Waals surface area contributed by atoms with Crippen molar-refractivity contribution >= 4 is 46.3 Å². The monoisotopic (exact) mass is 444 g/mol. The topological polar surface area (TPSA) is 75.1 Å². The number of hydrogen-bond donors (Lipinski definition) is 2. The molecule has 30 heavy (non-hydrogen) atoms. The standard InChI is InChI=1S/C21H22Cl2N6O/c1-28-9-6-16(7-10-28)29-13-15(12-25-29)26-19-11-14(5-8-24-19)27-21(30)20-17(22)3-2-4-18(20)23/h2-5,8,11-13,16H,6-7,9-10H2,1H3,(H2,24,26,27,30). The van der Waals surface area contributed by atoms with Crippen molar-refractivity contribution in [2.45, 2.75) is 18.9 Å². The lowest BCUT2D eigenvalue weighted by atomic mass is 10.1. The molecule has 9 heteroatoms. The molecule has 0 saturated carbocycles. The number of nitrogens with zero attached hydrogens (tertiary/aromatic N) is 4. The van der Waals surface area contributed by atoms with Crippen LogP contribution in [0.3, 0.4) is 0 Å². The molecule has 1 fully saturated rings. The highest BCUT2D eigenvalue weighted by Gasteiger charge is 2.19. The van der Waals surface area contributed by atoms with E-state index in [1.165, 1.54) is 0 Å². The second-order valence-electron chi connectivity index (χ2n) is 7.35. The van der Waals surface area contributed by atoms with Crippen molar-refractivity contribution in [1.29, 1.82) is 0 Å². The lowest BCUT2D eigenvalue weighted by Crippen LogP contribution is -2.31. The highest BCUT2D eigenvalue weighted by molar-refractivity contribution is 6.40. The highest BCUT2D eigenvalue weighted by Crippen LogP contribution is 2.26. The molecule has 1 amide bonds. The van der Waals surface area contributed by atoms with Crippen molar-refractivity contribution in [2.24, 2.45) is 0 Å². The van der Waals surface area contributed by atoms with Crippen LogP contribution in [0.5, 0.6) is 0 Å². The van der Waals surface area contributed by atoms with E-state index in [4.69, 9.17) is 23.2 Å². The fourth-order valence-electron chi connectivity index (χ4n) is 3.49. The smallest absolute Gasteiger partial charge is 0.258 e. The van der Waals surface area contributed by atoms with E-state index in [0.717, 1.165) is 31.6 Å². The summed E-state index contributed by atoms with van der Waals surface area (Å²) in [5.74, 6) is 0.221. The number of pyridine rings is 1. The minimum absolute atomic E-state index is 0.242. The van der Waals surface area contributed by atoms with Gasteiger partial charge in [0.1, 0.15) is 5.82 Å². The number of benzene rings is 1. The molecule has 0 spiro atoms. The maximum absolute atomic E-state index is 12.6. The van der Waals surface area contributed by atoms with Crippen LogP contribution in [0.4, 0.5) is 17.2 Å². The third-order valence-corrected chi connectivity index (χ3v) is 5.77. The van der Waals surface area contributed by atoms with Gasteiger partial charge in [0.2, 0.25) is 0 Å². The molecule has 1 saturated heterocycles. The fraction of sp³-hybridized carbons (Fsp3) is 0.286. The number of rotatable bonds is 5. The maximum atomic E-state index is 12.6. The lowest BCUT2D eigenvalue weighted by molar-refractivity contribution is 0.102. The average Bonchev–Trinajstić information content (AvgIpc) is 3.17. The van der Waals surface area contributed by atoms with Gasteiger partial charge < -0.3 is 15.5 Å². The molecule has 2 aromatic heterocycles. The molecule has 0 atom stereocenters. The second kappa shape index (κ2) is 9.04. The van der Waals surface area contributed by atoms with Crippen molar-refractivity contribution in [3.63, 3.8) is 0 Å². The van der Waals surface area contributed by atoms with Crippen LogP contribution in [0, 0.1) is 0 Å². The predicted octanol–water partition coefficient (Wildman–Crippen LogP) is 4.85. The Morgan fingerprint density at radius 3 is 2.60 bits per heavy atom. The zero-order chi connectivity index (χ0) is 21.1. The van der Waals surface area contributed by atoms with Crippen LogP contribution in [0.1, 0.15) is 29.2 Å². The Labute approximate surface area is 185 Å². The number of halogens is 2. The first kappa shape index (κ1) is 20.7. The van der Waals surface area contributed by atoms with Gasteiger partial charge in [-0.15, -0.1) is 0 Å². The minimum Gasteiger partial charge on any atom is -0.338 e. The van der Waals surface area contributed by atoms with E-state index >= 15 is 0 Å². The summed E-state index contributed by atoms with van der Waals surface area (Å²) in [5.41, 5.74) is 1.67. The molecule has 156 valence electrons. The van der Waals surface area contributed by atoms with Gasteiger partial charge in [-0.05, 0) is 51.2 Å². The van der Waals surface area contributed by atoms with E-state index in [2.05, 4.69) is 32.7 Å². The number of amides is 1. The lowest BCUT2D eigenvalue weighted by Gasteiger charge is -2.28. The van der Waals surface area contributed by atoms with E-state index in [1.54, 1.807) is 42.7 Å². The molecule has 3 heterocycles. The van der Waals surface area contributed by atoms with Crippen LogP contribution in [-0.4, -0.2) is 45.7 Å². The van der Waals surface area contributed by atoms with Crippen LogP contribution in [0.2, 0.25) is 10.0 Å².